The Labute approximate surface area is 141 Å². The van der Waals surface area contributed by atoms with E-state index in [-0.39, 0.29) is 11.8 Å². The molecule has 24 heavy (non-hydrogen) atoms. The maximum Gasteiger partial charge on any atom is 0.307 e. The number of benzene rings is 1. The van der Waals surface area contributed by atoms with Gasteiger partial charge in [0.1, 0.15) is 0 Å². The summed E-state index contributed by atoms with van der Waals surface area (Å²) in [5.41, 5.74) is 6.14. The van der Waals surface area contributed by atoms with Gasteiger partial charge in [0.25, 0.3) is 0 Å². The van der Waals surface area contributed by atoms with E-state index in [1.807, 2.05) is 30.3 Å². The Morgan fingerprint density at radius 3 is 2.88 bits per heavy atom. The number of hydrogen-bond donors (Lipinski definition) is 4. The molecule has 1 aliphatic heterocycles. The number of rotatable bonds is 6. The van der Waals surface area contributed by atoms with Crippen LogP contribution in [0.25, 0.3) is 11.3 Å². The molecular weight excluding hydrogens is 304 g/mol. The fraction of sp³-hybridized carbons (Fsp3) is 0.333. The van der Waals surface area contributed by atoms with Crippen molar-refractivity contribution in [1.29, 1.82) is 0 Å². The molecule has 6 nitrogen and oxygen atoms in total. The van der Waals surface area contributed by atoms with Crippen LogP contribution in [-0.4, -0.2) is 41.9 Å². The first kappa shape index (κ1) is 16.3. The minimum atomic E-state index is -0.726. The minimum absolute atomic E-state index is 0.278. The second-order valence-corrected chi connectivity index (χ2v) is 6.11. The van der Waals surface area contributed by atoms with E-state index in [1.165, 1.54) is 0 Å². The van der Waals surface area contributed by atoms with Crippen molar-refractivity contribution in [2.45, 2.75) is 6.42 Å². The summed E-state index contributed by atoms with van der Waals surface area (Å²) in [6.07, 6.45) is 2.43. The van der Waals surface area contributed by atoms with Crippen LogP contribution >= 0.6 is 0 Å². The number of aromatic amines is 1. The van der Waals surface area contributed by atoms with Crippen molar-refractivity contribution in [3.05, 3.63) is 48.2 Å². The Morgan fingerprint density at radius 1 is 1.25 bits per heavy atom. The van der Waals surface area contributed by atoms with Gasteiger partial charge in [-0.25, -0.2) is 0 Å². The van der Waals surface area contributed by atoms with Gasteiger partial charge in [0.2, 0.25) is 0 Å². The van der Waals surface area contributed by atoms with E-state index in [0.717, 1.165) is 23.5 Å². The van der Waals surface area contributed by atoms with Gasteiger partial charge >= 0.3 is 5.97 Å². The predicted octanol–water partition coefficient (Wildman–Crippen LogP) is 1.92. The van der Waals surface area contributed by atoms with Gasteiger partial charge in [-0.1, -0.05) is 30.3 Å². The maximum atomic E-state index is 11.0. The number of hydrogen-bond acceptors (Lipinski definition) is 4. The van der Waals surface area contributed by atoms with Crippen molar-refractivity contribution in [3.63, 3.8) is 0 Å². The number of carboxylic acid groups (broad SMARTS) is 1. The molecule has 6 heteroatoms. The minimum Gasteiger partial charge on any atom is -0.481 e. The fourth-order valence-corrected chi connectivity index (χ4v) is 2.94. The number of aliphatic carboxylic acids is 1. The number of nitrogens with one attached hydrogen (secondary N) is 3. The van der Waals surface area contributed by atoms with Crippen molar-refractivity contribution < 1.29 is 9.90 Å². The predicted molar refractivity (Wildman–Crippen MR) is 93.9 cm³/mol. The van der Waals surface area contributed by atoms with Crippen LogP contribution in [-0.2, 0) is 4.79 Å². The SMILES string of the molecule is O=C(O)[C@H]1CNC[C@@H](CN/N=C/c2ccc(-c3ccccc3)[nH]2)C1. The van der Waals surface area contributed by atoms with Crippen LogP contribution in [0.15, 0.2) is 47.6 Å². The average Bonchev–Trinajstić information content (AvgIpc) is 3.09. The molecule has 0 radical (unpaired) electrons. The molecule has 0 bridgehead atoms. The monoisotopic (exact) mass is 326 g/mol. The van der Waals surface area contributed by atoms with Crippen molar-refractivity contribution in [2.75, 3.05) is 19.6 Å². The summed E-state index contributed by atoms with van der Waals surface area (Å²) in [6.45, 7) is 2.05. The van der Waals surface area contributed by atoms with E-state index >= 15 is 0 Å². The Morgan fingerprint density at radius 2 is 2.08 bits per heavy atom. The van der Waals surface area contributed by atoms with Gasteiger partial charge in [-0.3, -0.25) is 4.79 Å². The lowest BCUT2D eigenvalue weighted by atomic mass is 9.91. The van der Waals surface area contributed by atoms with Crippen LogP contribution in [0.3, 0.4) is 0 Å². The average molecular weight is 326 g/mol. The number of carboxylic acids is 1. The first-order valence-corrected chi connectivity index (χ1v) is 8.16. The Kier molecular flexibility index (Phi) is 5.28. The van der Waals surface area contributed by atoms with Gasteiger partial charge in [-0.15, -0.1) is 0 Å². The standard InChI is InChI=1S/C18H22N4O2/c23-18(24)15-8-13(9-19-11-15)10-20-21-12-16-6-7-17(22-16)14-4-2-1-3-5-14/h1-7,12-13,15,19-20,22H,8-11H2,(H,23,24)/b21-12+/t13-,15+/m0/s1. The zero-order valence-electron chi connectivity index (χ0n) is 13.4. The van der Waals surface area contributed by atoms with Gasteiger partial charge in [-0.05, 0) is 36.6 Å². The molecule has 4 N–H and O–H groups in total. The summed E-state index contributed by atoms with van der Waals surface area (Å²) in [5, 5.41) is 16.5. The summed E-state index contributed by atoms with van der Waals surface area (Å²) < 4.78 is 0. The molecule has 1 fully saturated rings. The molecule has 1 aliphatic rings. The Hall–Kier alpha value is -2.60. The molecule has 0 saturated carbocycles. The van der Waals surface area contributed by atoms with Gasteiger partial charge in [-0.2, -0.15) is 5.10 Å². The van der Waals surface area contributed by atoms with Crippen molar-refractivity contribution in [1.82, 2.24) is 15.7 Å². The normalized spacial score (nSPS) is 21.0. The van der Waals surface area contributed by atoms with Gasteiger partial charge in [0.15, 0.2) is 0 Å². The molecule has 0 amide bonds. The number of nitrogens with zero attached hydrogens (tertiary/aromatic N) is 1. The van der Waals surface area contributed by atoms with E-state index in [9.17, 15) is 4.79 Å². The van der Waals surface area contributed by atoms with Crippen LogP contribution in [0.1, 0.15) is 12.1 Å². The highest BCUT2D eigenvalue weighted by Gasteiger charge is 2.26. The lowest BCUT2D eigenvalue weighted by molar-refractivity contribution is -0.142. The number of aromatic nitrogens is 1. The lowest BCUT2D eigenvalue weighted by Gasteiger charge is -2.27. The van der Waals surface area contributed by atoms with E-state index in [1.54, 1.807) is 6.21 Å². The zero-order valence-corrected chi connectivity index (χ0v) is 13.4. The van der Waals surface area contributed by atoms with Crippen molar-refractivity contribution in [2.24, 2.45) is 16.9 Å². The van der Waals surface area contributed by atoms with Crippen LogP contribution in [0, 0.1) is 11.8 Å². The molecule has 3 rings (SSSR count). The number of piperidine rings is 1. The number of carbonyl (C=O) groups is 1. The van der Waals surface area contributed by atoms with Crippen molar-refractivity contribution in [3.8, 4) is 11.3 Å². The van der Waals surface area contributed by atoms with Gasteiger partial charge < -0.3 is 20.8 Å². The zero-order chi connectivity index (χ0) is 16.8. The summed E-state index contributed by atoms with van der Waals surface area (Å²) in [7, 11) is 0. The molecule has 1 saturated heterocycles. The highest BCUT2D eigenvalue weighted by molar-refractivity contribution is 5.79. The molecule has 1 aromatic carbocycles. The summed E-state index contributed by atoms with van der Waals surface area (Å²) in [4.78, 5) is 14.4. The molecule has 0 unspecified atom stereocenters. The highest BCUT2D eigenvalue weighted by Crippen LogP contribution is 2.17. The van der Waals surface area contributed by atoms with Gasteiger partial charge in [0, 0.05) is 18.8 Å². The second kappa shape index (κ2) is 7.79. The Bertz CT molecular complexity index is 696. The first-order valence-electron chi connectivity index (χ1n) is 8.16. The van der Waals surface area contributed by atoms with Crippen molar-refractivity contribution >= 4 is 12.2 Å². The summed E-state index contributed by atoms with van der Waals surface area (Å²) in [5.74, 6) is -0.748. The maximum absolute atomic E-state index is 11.0. The molecular formula is C18H22N4O2. The third-order valence-corrected chi connectivity index (χ3v) is 4.26. The van der Waals surface area contributed by atoms with Crippen LogP contribution < -0.4 is 10.7 Å². The summed E-state index contributed by atoms with van der Waals surface area (Å²) in [6, 6.07) is 14.1. The molecule has 2 heterocycles. The van der Waals surface area contributed by atoms with E-state index in [4.69, 9.17) is 5.11 Å². The quantitative estimate of drug-likeness (QED) is 0.482. The topological polar surface area (TPSA) is 89.5 Å². The largest absolute Gasteiger partial charge is 0.481 e. The Balaban J connectivity index is 1.49. The van der Waals surface area contributed by atoms with E-state index in [0.29, 0.717) is 19.5 Å². The smallest absolute Gasteiger partial charge is 0.307 e. The van der Waals surface area contributed by atoms with Crippen LogP contribution in [0.5, 0.6) is 0 Å². The second-order valence-electron chi connectivity index (χ2n) is 6.11. The number of hydrazone groups is 1. The summed E-state index contributed by atoms with van der Waals surface area (Å²) >= 11 is 0. The first-order chi connectivity index (χ1) is 11.7. The van der Waals surface area contributed by atoms with E-state index < -0.39 is 5.97 Å². The third-order valence-electron chi connectivity index (χ3n) is 4.26. The lowest BCUT2D eigenvalue weighted by Crippen LogP contribution is -2.42. The third kappa shape index (κ3) is 4.23. The van der Waals surface area contributed by atoms with E-state index in [2.05, 4.69) is 33.0 Å². The molecule has 1 aromatic heterocycles. The number of H-pyrrole nitrogens is 1. The van der Waals surface area contributed by atoms with Gasteiger partial charge in [0.05, 0.1) is 17.8 Å². The molecule has 0 aliphatic carbocycles. The molecule has 2 atom stereocenters. The molecule has 126 valence electrons. The highest BCUT2D eigenvalue weighted by atomic mass is 16.4. The molecule has 2 aromatic rings. The van der Waals surface area contributed by atoms with Crippen LogP contribution in [0.4, 0.5) is 0 Å². The van der Waals surface area contributed by atoms with Crippen LogP contribution in [0.2, 0.25) is 0 Å². The fourth-order valence-electron chi connectivity index (χ4n) is 2.94. The molecule has 0 spiro atoms.